The average Bonchev–Trinajstić information content (AvgIpc) is 2.25. The molecule has 4 N–H and O–H groups in total. The Morgan fingerprint density at radius 2 is 2.05 bits per heavy atom. The lowest BCUT2D eigenvalue weighted by molar-refractivity contribution is 0.152. The van der Waals surface area contributed by atoms with Crippen molar-refractivity contribution in [3.63, 3.8) is 0 Å². The molecule has 0 aliphatic carbocycles. The first kappa shape index (κ1) is 16.2. The van der Waals surface area contributed by atoms with Gasteiger partial charge in [-0.2, -0.15) is 0 Å². The molecular weight excluding hydrogens is 288 g/mol. The SMILES string of the molecule is CC(C)CC(O)CNS(=O)(=O)c1ccc(Cl)cc1N. The summed E-state index contributed by atoms with van der Waals surface area (Å²) in [4.78, 5) is -0.0337. The van der Waals surface area contributed by atoms with Gasteiger partial charge in [0, 0.05) is 11.6 Å². The van der Waals surface area contributed by atoms with Gasteiger partial charge < -0.3 is 10.8 Å². The summed E-state index contributed by atoms with van der Waals surface area (Å²) in [6, 6.07) is 4.17. The molecule has 1 aromatic carbocycles. The maximum absolute atomic E-state index is 12.0. The van der Waals surface area contributed by atoms with Crippen LogP contribution in [0.4, 0.5) is 5.69 Å². The summed E-state index contributed by atoms with van der Waals surface area (Å²) in [5.74, 6) is 0.292. The fourth-order valence-corrected chi connectivity index (χ4v) is 3.04. The van der Waals surface area contributed by atoms with Gasteiger partial charge in [0.15, 0.2) is 0 Å². The van der Waals surface area contributed by atoms with Crippen LogP contribution in [0.1, 0.15) is 20.3 Å². The van der Waals surface area contributed by atoms with Crippen LogP contribution in [0.5, 0.6) is 0 Å². The van der Waals surface area contributed by atoms with E-state index in [0.717, 1.165) is 0 Å². The lowest BCUT2D eigenvalue weighted by atomic mass is 10.1. The third kappa shape index (κ3) is 4.99. The lowest BCUT2D eigenvalue weighted by Gasteiger charge is -2.14. The van der Waals surface area contributed by atoms with Gasteiger partial charge in [-0.05, 0) is 30.5 Å². The van der Waals surface area contributed by atoms with Crippen molar-refractivity contribution >= 4 is 27.3 Å². The minimum absolute atomic E-state index is 0.0337. The van der Waals surface area contributed by atoms with Gasteiger partial charge in [-0.3, -0.25) is 0 Å². The normalized spacial score (nSPS) is 13.7. The zero-order valence-electron chi connectivity index (χ0n) is 10.9. The molecule has 108 valence electrons. The summed E-state index contributed by atoms with van der Waals surface area (Å²) in [7, 11) is -3.73. The first-order chi connectivity index (χ1) is 8.72. The highest BCUT2D eigenvalue weighted by molar-refractivity contribution is 7.89. The maximum Gasteiger partial charge on any atom is 0.242 e. The topological polar surface area (TPSA) is 92.4 Å². The molecule has 7 heteroatoms. The molecule has 0 saturated heterocycles. The van der Waals surface area contributed by atoms with E-state index in [-0.39, 0.29) is 17.1 Å². The molecular formula is C12H19ClN2O3S. The Kier molecular flexibility index (Phi) is 5.61. The number of rotatable bonds is 6. The molecule has 5 nitrogen and oxygen atoms in total. The molecule has 19 heavy (non-hydrogen) atoms. The number of sulfonamides is 1. The van der Waals surface area contributed by atoms with Crippen molar-refractivity contribution in [1.82, 2.24) is 4.72 Å². The van der Waals surface area contributed by atoms with Gasteiger partial charge in [0.25, 0.3) is 0 Å². The zero-order valence-corrected chi connectivity index (χ0v) is 12.5. The van der Waals surface area contributed by atoms with E-state index >= 15 is 0 Å². The number of halogens is 1. The fraction of sp³-hybridized carbons (Fsp3) is 0.500. The van der Waals surface area contributed by atoms with Gasteiger partial charge in [0.1, 0.15) is 4.90 Å². The molecule has 0 fully saturated rings. The van der Waals surface area contributed by atoms with Gasteiger partial charge in [-0.1, -0.05) is 25.4 Å². The third-order valence-corrected chi connectivity index (χ3v) is 4.25. The van der Waals surface area contributed by atoms with E-state index in [2.05, 4.69) is 4.72 Å². The van der Waals surface area contributed by atoms with Gasteiger partial charge in [0.2, 0.25) is 10.0 Å². The Bertz CT molecular complexity index is 532. The second-order valence-corrected chi connectivity index (χ2v) is 6.99. The molecule has 0 saturated carbocycles. The second-order valence-electron chi connectivity index (χ2n) is 4.82. The molecule has 0 amide bonds. The number of aliphatic hydroxyl groups excluding tert-OH is 1. The van der Waals surface area contributed by atoms with Crippen LogP contribution < -0.4 is 10.5 Å². The van der Waals surface area contributed by atoms with Crippen molar-refractivity contribution in [2.75, 3.05) is 12.3 Å². The van der Waals surface area contributed by atoms with Crippen LogP contribution in [0.2, 0.25) is 5.02 Å². The number of benzene rings is 1. The van der Waals surface area contributed by atoms with Crippen molar-refractivity contribution in [3.05, 3.63) is 23.2 Å². The van der Waals surface area contributed by atoms with Crippen LogP contribution in [0.3, 0.4) is 0 Å². The molecule has 0 spiro atoms. The highest BCUT2D eigenvalue weighted by atomic mass is 35.5. The minimum atomic E-state index is -3.73. The Balaban J connectivity index is 2.76. The van der Waals surface area contributed by atoms with Gasteiger partial charge in [0.05, 0.1) is 11.8 Å². The van der Waals surface area contributed by atoms with E-state index in [9.17, 15) is 13.5 Å². The summed E-state index contributed by atoms with van der Waals surface area (Å²) in [5, 5.41) is 10.0. The monoisotopic (exact) mass is 306 g/mol. The van der Waals surface area contributed by atoms with E-state index in [1.54, 1.807) is 0 Å². The fourth-order valence-electron chi connectivity index (χ4n) is 1.68. The Labute approximate surface area is 118 Å². The van der Waals surface area contributed by atoms with Crippen molar-refractivity contribution in [3.8, 4) is 0 Å². The molecule has 0 bridgehead atoms. The van der Waals surface area contributed by atoms with Gasteiger partial charge >= 0.3 is 0 Å². The summed E-state index contributed by atoms with van der Waals surface area (Å²) in [5.41, 5.74) is 5.71. The van der Waals surface area contributed by atoms with E-state index in [1.807, 2.05) is 13.8 Å². The molecule has 0 heterocycles. The van der Waals surface area contributed by atoms with Crippen LogP contribution >= 0.6 is 11.6 Å². The molecule has 1 aromatic rings. The maximum atomic E-state index is 12.0. The number of hydrogen-bond donors (Lipinski definition) is 3. The number of nitrogens with one attached hydrogen (secondary N) is 1. The van der Waals surface area contributed by atoms with Crippen LogP contribution in [0, 0.1) is 5.92 Å². The van der Waals surface area contributed by atoms with E-state index in [4.69, 9.17) is 17.3 Å². The minimum Gasteiger partial charge on any atom is -0.398 e. The smallest absolute Gasteiger partial charge is 0.242 e. The van der Waals surface area contributed by atoms with E-state index < -0.39 is 16.1 Å². The Hall–Kier alpha value is -0.820. The summed E-state index contributed by atoms with van der Waals surface area (Å²) < 4.78 is 26.4. The summed E-state index contributed by atoms with van der Waals surface area (Å²) in [6.45, 7) is 3.87. The number of aliphatic hydroxyl groups is 1. The average molecular weight is 307 g/mol. The van der Waals surface area contributed by atoms with Crippen LogP contribution in [0.15, 0.2) is 23.1 Å². The largest absolute Gasteiger partial charge is 0.398 e. The third-order valence-electron chi connectivity index (χ3n) is 2.51. The first-order valence-electron chi connectivity index (χ1n) is 5.95. The van der Waals surface area contributed by atoms with Crippen LogP contribution in [0.25, 0.3) is 0 Å². The molecule has 1 atom stereocenters. The molecule has 1 rings (SSSR count). The summed E-state index contributed by atoms with van der Waals surface area (Å²) in [6.07, 6.45) is -0.193. The number of nitrogen functional groups attached to an aromatic ring is 1. The molecule has 1 unspecified atom stereocenters. The highest BCUT2D eigenvalue weighted by Crippen LogP contribution is 2.22. The highest BCUT2D eigenvalue weighted by Gasteiger charge is 2.19. The van der Waals surface area contributed by atoms with Crippen LogP contribution in [-0.4, -0.2) is 26.2 Å². The van der Waals surface area contributed by atoms with E-state index in [1.165, 1.54) is 18.2 Å². The number of anilines is 1. The van der Waals surface area contributed by atoms with Gasteiger partial charge in [-0.25, -0.2) is 13.1 Å². The molecule has 0 radical (unpaired) electrons. The predicted molar refractivity (Wildman–Crippen MR) is 76.5 cm³/mol. The van der Waals surface area contributed by atoms with Crippen molar-refractivity contribution in [1.29, 1.82) is 0 Å². The quantitative estimate of drug-likeness (QED) is 0.696. The molecule has 0 aromatic heterocycles. The Morgan fingerprint density at radius 3 is 2.58 bits per heavy atom. The second kappa shape index (κ2) is 6.56. The number of hydrogen-bond acceptors (Lipinski definition) is 4. The Morgan fingerprint density at radius 1 is 1.42 bits per heavy atom. The zero-order chi connectivity index (χ0) is 14.6. The van der Waals surface area contributed by atoms with Crippen molar-refractivity contribution in [2.24, 2.45) is 5.92 Å². The van der Waals surface area contributed by atoms with Crippen molar-refractivity contribution in [2.45, 2.75) is 31.3 Å². The van der Waals surface area contributed by atoms with Gasteiger partial charge in [-0.15, -0.1) is 0 Å². The van der Waals surface area contributed by atoms with Crippen LogP contribution in [-0.2, 0) is 10.0 Å². The molecule has 0 aliphatic heterocycles. The first-order valence-corrected chi connectivity index (χ1v) is 7.81. The molecule has 0 aliphatic rings. The van der Waals surface area contributed by atoms with Crippen molar-refractivity contribution < 1.29 is 13.5 Å². The number of nitrogens with two attached hydrogens (primary N) is 1. The predicted octanol–water partition coefficient (Wildman–Crippen LogP) is 1.61. The van der Waals surface area contributed by atoms with E-state index in [0.29, 0.717) is 17.4 Å². The summed E-state index contributed by atoms with van der Waals surface area (Å²) >= 11 is 5.72. The lowest BCUT2D eigenvalue weighted by Crippen LogP contribution is -2.33. The standard InChI is InChI=1S/C12H19ClN2O3S/c1-8(2)5-10(16)7-15-19(17,18)12-4-3-9(13)6-11(12)14/h3-4,6,8,10,15-16H,5,7,14H2,1-2H3.